The predicted octanol–water partition coefficient (Wildman–Crippen LogP) is 4.83. The first-order valence-electron chi connectivity index (χ1n) is 8.71. The summed E-state index contributed by atoms with van der Waals surface area (Å²) in [6, 6.07) is 0. The molecule has 0 saturated carbocycles. The third-order valence-electron chi connectivity index (χ3n) is 3.52. The maximum absolute atomic E-state index is 11.6. The highest BCUT2D eigenvalue weighted by Gasteiger charge is 2.00. The Morgan fingerprint density at radius 3 is 2.14 bits per heavy atom. The third kappa shape index (κ3) is 17.9. The Hall–Kier alpha value is -0.0900. The van der Waals surface area contributed by atoms with Crippen LogP contribution in [0.1, 0.15) is 77.6 Å². The summed E-state index contributed by atoms with van der Waals surface area (Å²) in [7, 11) is 0. The molecule has 0 aromatic rings. The van der Waals surface area contributed by atoms with Gasteiger partial charge in [-0.1, -0.05) is 74.2 Å². The summed E-state index contributed by atoms with van der Waals surface area (Å²) in [5.41, 5.74) is 0. The molecule has 0 heterocycles. The number of unbranched alkanes of at least 4 members (excludes halogenated alkanes) is 8. The van der Waals surface area contributed by atoms with Gasteiger partial charge in [0, 0.05) is 24.9 Å². The van der Waals surface area contributed by atoms with Crippen molar-refractivity contribution in [3.8, 4) is 0 Å². The highest BCUT2D eigenvalue weighted by atomic mass is 79.9. The molecule has 0 unspecified atom stereocenters. The Morgan fingerprint density at radius 1 is 0.905 bits per heavy atom. The number of halogens is 1. The number of hydrogen-bond acceptors (Lipinski definition) is 2. The van der Waals surface area contributed by atoms with Crippen LogP contribution in [0.4, 0.5) is 0 Å². The zero-order valence-electron chi connectivity index (χ0n) is 13.8. The molecule has 3 nitrogen and oxygen atoms in total. The lowest BCUT2D eigenvalue weighted by Gasteiger charge is -2.06. The highest BCUT2D eigenvalue weighted by molar-refractivity contribution is 9.09. The monoisotopic (exact) mass is 363 g/mol. The fourth-order valence-electron chi connectivity index (χ4n) is 2.24. The van der Waals surface area contributed by atoms with Gasteiger partial charge in [0.25, 0.3) is 0 Å². The molecule has 126 valence electrons. The van der Waals surface area contributed by atoms with Gasteiger partial charge in [0.1, 0.15) is 0 Å². The van der Waals surface area contributed by atoms with E-state index in [4.69, 9.17) is 4.74 Å². The maximum atomic E-state index is 11.6. The number of alkyl halides is 1. The van der Waals surface area contributed by atoms with Crippen molar-refractivity contribution in [3.63, 3.8) is 0 Å². The molecule has 0 aliphatic carbocycles. The predicted molar refractivity (Wildman–Crippen MR) is 94.1 cm³/mol. The van der Waals surface area contributed by atoms with E-state index in [2.05, 4.69) is 28.2 Å². The summed E-state index contributed by atoms with van der Waals surface area (Å²) >= 11 is 3.31. The van der Waals surface area contributed by atoms with Crippen molar-refractivity contribution >= 4 is 21.8 Å². The van der Waals surface area contributed by atoms with Crippen LogP contribution in [0.5, 0.6) is 0 Å². The third-order valence-corrected chi connectivity index (χ3v) is 3.84. The van der Waals surface area contributed by atoms with Gasteiger partial charge in [-0.05, 0) is 12.8 Å². The second kappa shape index (κ2) is 18.0. The average molecular weight is 364 g/mol. The number of hydrogen-bond donors (Lipinski definition) is 1. The van der Waals surface area contributed by atoms with E-state index in [1.54, 1.807) is 0 Å². The number of ether oxygens (including phenoxy) is 1. The van der Waals surface area contributed by atoms with Crippen LogP contribution in [0.2, 0.25) is 0 Å². The van der Waals surface area contributed by atoms with Crippen molar-refractivity contribution < 1.29 is 9.53 Å². The van der Waals surface area contributed by atoms with Gasteiger partial charge in [0.15, 0.2) is 0 Å². The molecule has 0 aliphatic rings. The van der Waals surface area contributed by atoms with Crippen molar-refractivity contribution in [1.29, 1.82) is 0 Å². The molecule has 0 rings (SSSR count). The number of carbonyl (C=O) groups is 1. The van der Waals surface area contributed by atoms with Crippen LogP contribution in [-0.2, 0) is 9.53 Å². The van der Waals surface area contributed by atoms with E-state index in [1.807, 2.05) is 0 Å². The average Bonchev–Trinajstić information content (AvgIpc) is 2.49. The molecule has 0 atom stereocenters. The van der Waals surface area contributed by atoms with Crippen LogP contribution in [0.15, 0.2) is 0 Å². The fraction of sp³-hybridized carbons (Fsp3) is 0.941. The van der Waals surface area contributed by atoms with Crippen LogP contribution in [0, 0.1) is 0 Å². The molecule has 1 N–H and O–H groups in total. The van der Waals surface area contributed by atoms with Crippen molar-refractivity contribution in [3.05, 3.63) is 0 Å². The van der Waals surface area contributed by atoms with Crippen LogP contribution < -0.4 is 5.32 Å². The molecule has 0 aromatic heterocycles. The molecule has 0 saturated heterocycles. The van der Waals surface area contributed by atoms with Gasteiger partial charge in [-0.15, -0.1) is 0 Å². The molecule has 0 spiro atoms. The van der Waals surface area contributed by atoms with Crippen molar-refractivity contribution in [2.24, 2.45) is 0 Å². The first-order valence-corrected chi connectivity index (χ1v) is 9.83. The van der Waals surface area contributed by atoms with E-state index < -0.39 is 0 Å². The van der Waals surface area contributed by atoms with E-state index in [1.165, 1.54) is 51.4 Å². The molecule has 1 amide bonds. The Morgan fingerprint density at radius 2 is 1.52 bits per heavy atom. The minimum atomic E-state index is 0.193. The van der Waals surface area contributed by atoms with Crippen molar-refractivity contribution in [1.82, 2.24) is 5.32 Å². The van der Waals surface area contributed by atoms with Crippen LogP contribution in [0.3, 0.4) is 0 Å². The van der Waals surface area contributed by atoms with Crippen LogP contribution in [0.25, 0.3) is 0 Å². The number of rotatable bonds is 16. The summed E-state index contributed by atoms with van der Waals surface area (Å²) in [6.45, 7) is 4.45. The zero-order valence-corrected chi connectivity index (χ0v) is 15.4. The van der Waals surface area contributed by atoms with Gasteiger partial charge in [-0.2, -0.15) is 0 Å². The number of amides is 1. The minimum absolute atomic E-state index is 0.193. The molecule has 0 aromatic carbocycles. The first kappa shape index (κ1) is 20.9. The zero-order chi connectivity index (χ0) is 15.6. The molecule has 0 fully saturated rings. The van der Waals surface area contributed by atoms with E-state index in [-0.39, 0.29) is 5.91 Å². The van der Waals surface area contributed by atoms with Gasteiger partial charge in [-0.3, -0.25) is 4.79 Å². The molecule has 21 heavy (non-hydrogen) atoms. The van der Waals surface area contributed by atoms with Gasteiger partial charge < -0.3 is 10.1 Å². The fourth-order valence-corrected chi connectivity index (χ4v) is 2.47. The molecule has 0 aliphatic heterocycles. The van der Waals surface area contributed by atoms with Gasteiger partial charge >= 0.3 is 0 Å². The SMILES string of the molecule is CCCCCCCCCCCC(=O)NCCCOCCBr. The summed E-state index contributed by atoms with van der Waals surface area (Å²) in [5.74, 6) is 0.193. The van der Waals surface area contributed by atoms with Crippen molar-refractivity contribution in [2.45, 2.75) is 77.6 Å². The number of carbonyl (C=O) groups excluding carboxylic acids is 1. The lowest BCUT2D eigenvalue weighted by atomic mass is 10.1. The summed E-state index contributed by atoms with van der Waals surface area (Å²) in [5, 5.41) is 3.83. The van der Waals surface area contributed by atoms with E-state index in [0.29, 0.717) is 6.42 Å². The Bertz CT molecular complexity index is 225. The van der Waals surface area contributed by atoms with Crippen LogP contribution in [-0.4, -0.2) is 31.0 Å². The van der Waals surface area contributed by atoms with Gasteiger partial charge in [-0.25, -0.2) is 0 Å². The quantitative estimate of drug-likeness (QED) is 0.315. The largest absolute Gasteiger partial charge is 0.381 e. The standard InChI is InChI=1S/C17H34BrNO2/c1-2-3-4-5-6-7-8-9-10-12-17(20)19-14-11-15-21-16-13-18/h2-16H2,1H3,(H,19,20). The molecule has 4 heteroatoms. The highest BCUT2D eigenvalue weighted by Crippen LogP contribution is 2.10. The maximum Gasteiger partial charge on any atom is 0.219 e. The summed E-state index contributed by atoms with van der Waals surface area (Å²) in [6.07, 6.45) is 13.2. The number of nitrogens with one attached hydrogen (secondary N) is 1. The smallest absolute Gasteiger partial charge is 0.219 e. The van der Waals surface area contributed by atoms with E-state index in [0.717, 1.165) is 37.9 Å². The Labute approximate surface area is 139 Å². The first-order chi connectivity index (χ1) is 10.3. The normalized spacial score (nSPS) is 10.8. The van der Waals surface area contributed by atoms with Crippen molar-refractivity contribution in [2.75, 3.05) is 25.1 Å². The van der Waals surface area contributed by atoms with Gasteiger partial charge in [0.2, 0.25) is 5.91 Å². The van der Waals surface area contributed by atoms with Crippen LogP contribution >= 0.6 is 15.9 Å². The molecular formula is C17H34BrNO2. The van der Waals surface area contributed by atoms with E-state index in [9.17, 15) is 4.79 Å². The molecule has 0 bridgehead atoms. The van der Waals surface area contributed by atoms with E-state index >= 15 is 0 Å². The Balaban J connectivity index is 3.12. The second-order valence-electron chi connectivity index (χ2n) is 5.58. The van der Waals surface area contributed by atoms with Gasteiger partial charge in [0.05, 0.1) is 6.61 Å². The lowest BCUT2D eigenvalue weighted by Crippen LogP contribution is -2.24. The summed E-state index contributed by atoms with van der Waals surface area (Å²) in [4.78, 5) is 11.6. The molecular weight excluding hydrogens is 330 g/mol. The summed E-state index contributed by atoms with van der Waals surface area (Å²) < 4.78 is 5.33. The minimum Gasteiger partial charge on any atom is -0.381 e. The Kier molecular flexibility index (Phi) is 17.9. The second-order valence-corrected chi connectivity index (χ2v) is 6.38. The molecule has 0 radical (unpaired) electrons. The topological polar surface area (TPSA) is 38.3 Å². The lowest BCUT2D eigenvalue weighted by molar-refractivity contribution is -0.121.